The van der Waals surface area contributed by atoms with Gasteiger partial charge in [-0.3, -0.25) is 4.79 Å². The number of furan rings is 1. The fourth-order valence-electron chi connectivity index (χ4n) is 4.00. The first-order valence-electron chi connectivity index (χ1n) is 11.6. The second-order valence-corrected chi connectivity index (χ2v) is 8.90. The molecule has 9 heteroatoms. The fraction of sp³-hybridized carbons (Fsp3) is 0.179. The first kappa shape index (κ1) is 24.4. The Balaban J connectivity index is 1.67. The van der Waals surface area contributed by atoms with Crippen molar-refractivity contribution in [2.45, 2.75) is 20.0 Å². The van der Waals surface area contributed by atoms with Crippen molar-refractivity contribution in [3.63, 3.8) is 0 Å². The van der Waals surface area contributed by atoms with Crippen LogP contribution in [0.15, 0.2) is 75.0 Å². The summed E-state index contributed by atoms with van der Waals surface area (Å²) < 4.78 is 24.0. The monoisotopic (exact) mass is 517 g/mol. The van der Waals surface area contributed by atoms with Gasteiger partial charge in [0.15, 0.2) is 17.3 Å². The average molecular weight is 518 g/mol. The zero-order valence-corrected chi connectivity index (χ0v) is 21.4. The molecule has 3 aromatic carbocycles. The highest BCUT2D eigenvalue weighted by molar-refractivity contribution is 6.32. The normalized spacial score (nSPS) is 11.6. The van der Waals surface area contributed by atoms with Crippen LogP contribution in [0.1, 0.15) is 19.4 Å². The molecule has 0 atom stereocenters. The maximum Gasteiger partial charge on any atom is 0.282 e. The van der Waals surface area contributed by atoms with Crippen LogP contribution >= 0.6 is 11.6 Å². The molecule has 2 aromatic heterocycles. The Kier molecular flexibility index (Phi) is 6.58. The van der Waals surface area contributed by atoms with Gasteiger partial charge in [0.25, 0.3) is 5.56 Å². The molecule has 188 valence electrons. The summed E-state index contributed by atoms with van der Waals surface area (Å²) in [5, 5.41) is 6.04. The van der Waals surface area contributed by atoms with Crippen molar-refractivity contribution in [2.75, 3.05) is 14.2 Å². The summed E-state index contributed by atoms with van der Waals surface area (Å²) in [5.41, 5.74) is 1.39. The number of hydrogen-bond acceptors (Lipinski definition) is 7. The molecule has 8 nitrogen and oxygen atoms in total. The SMILES string of the molecule is COc1cc(C=Nn2c(-c3cc4c(OC)cccc4o3)nc3ccccc3c2=O)cc(Cl)c1OC(C)C. The minimum absolute atomic E-state index is 0.0850. The van der Waals surface area contributed by atoms with Crippen LogP contribution in [0.5, 0.6) is 17.2 Å². The van der Waals surface area contributed by atoms with Gasteiger partial charge in [-0.05, 0) is 61.9 Å². The molecular weight excluding hydrogens is 494 g/mol. The second kappa shape index (κ2) is 9.99. The molecule has 5 aromatic rings. The molecule has 0 saturated heterocycles. The Morgan fingerprint density at radius 1 is 1.00 bits per heavy atom. The number of aromatic nitrogens is 2. The van der Waals surface area contributed by atoms with Crippen LogP contribution in [0.4, 0.5) is 0 Å². The predicted molar refractivity (Wildman–Crippen MR) is 145 cm³/mol. The number of hydrogen-bond donors (Lipinski definition) is 0. The number of methoxy groups -OCH3 is 2. The lowest BCUT2D eigenvalue weighted by Crippen LogP contribution is -2.20. The zero-order valence-electron chi connectivity index (χ0n) is 20.7. The van der Waals surface area contributed by atoms with E-state index in [2.05, 4.69) is 5.10 Å². The summed E-state index contributed by atoms with van der Waals surface area (Å²) in [5.74, 6) is 2.16. The van der Waals surface area contributed by atoms with E-state index < -0.39 is 0 Å². The molecule has 0 bridgehead atoms. The van der Waals surface area contributed by atoms with Gasteiger partial charge < -0.3 is 18.6 Å². The molecule has 0 spiro atoms. The van der Waals surface area contributed by atoms with Gasteiger partial charge in [0.05, 0.1) is 47.8 Å². The van der Waals surface area contributed by atoms with E-state index in [1.165, 1.54) is 18.0 Å². The Morgan fingerprint density at radius 2 is 1.78 bits per heavy atom. The highest BCUT2D eigenvalue weighted by Crippen LogP contribution is 2.37. The van der Waals surface area contributed by atoms with Crippen molar-refractivity contribution in [3.8, 4) is 28.8 Å². The number of benzene rings is 3. The molecule has 0 fully saturated rings. The van der Waals surface area contributed by atoms with Crippen molar-refractivity contribution in [2.24, 2.45) is 5.10 Å². The number of halogens is 1. The van der Waals surface area contributed by atoms with Gasteiger partial charge in [-0.15, -0.1) is 0 Å². The standard InChI is InChI=1S/C28H24ClN3O5/c1-16(2)36-26-20(29)12-17(13-24(26)35-4)15-30-32-27(31-21-9-6-5-8-18(21)28(32)33)25-14-19-22(34-3)10-7-11-23(19)37-25/h5-16H,1-4H3. The summed E-state index contributed by atoms with van der Waals surface area (Å²) in [7, 11) is 3.12. The van der Waals surface area contributed by atoms with E-state index in [4.69, 9.17) is 35.2 Å². The van der Waals surface area contributed by atoms with Crippen molar-refractivity contribution in [1.82, 2.24) is 9.66 Å². The minimum Gasteiger partial charge on any atom is -0.496 e. The lowest BCUT2D eigenvalue weighted by Gasteiger charge is -2.15. The Bertz CT molecular complexity index is 1700. The van der Waals surface area contributed by atoms with E-state index in [0.717, 1.165) is 5.39 Å². The molecule has 0 unspecified atom stereocenters. The summed E-state index contributed by atoms with van der Waals surface area (Å²) in [6, 6.07) is 17.8. The fourth-order valence-corrected chi connectivity index (χ4v) is 4.27. The molecule has 0 saturated carbocycles. The van der Waals surface area contributed by atoms with Gasteiger partial charge in [-0.1, -0.05) is 29.8 Å². The van der Waals surface area contributed by atoms with E-state index in [-0.39, 0.29) is 17.5 Å². The van der Waals surface area contributed by atoms with E-state index in [1.807, 2.05) is 38.1 Å². The number of rotatable bonds is 7. The first-order chi connectivity index (χ1) is 17.9. The van der Waals surface area contributed by atoms with Gasteiger partial charge in [0.1, 0.15) is 11.3 Å². The number of para-hydroxylation sites is 1. The molecule has 0 aliphatic heterocycles. The number of nitrogens with zero attached hydrogens (tertiary/aromatic N) is 3. The Hall–Kier alpha value is -4.30. The highest BCUT2D eigenvalue weighted by Gasteiger charge is 2.18. The van der Waals surface area contributed by atoms with Gasteiger partial charge in [-0.2, -0.15) is 9.78 Å². The molecule has 2 heterocycles. The maximum absolute atomic E-state index is 13.5. The summed E-state index contributed by atoms with van der Waals surface area (Å²) in [6.45, 7) is 3.80. The van der Waals surface area contributed by atoms with E-state index in [0.29, 0.717) is 50.1 Å². The first-order valence-corrected chi connectivity index (χ1v) is 11.9. The zero-order chi connectivity index (χ0) is 26.1. The lowest BCUT2D eigenvalue weighted by atomic mass is 10.2. The van der Waals surface area contributed by atoms with E-state index >= 15 is 0 Å². The summed E-state index contributed by atoms with van der Waals surface area (Å²) in [6.07, 6.45) is 1.43. The maximum atomic E-state index is 13.5. The number of fused-ring (bicyclic) bond motifs is 2. The summed E-state index contributed by atoms with van der Waals surface area (Å²) >= 11 is 6.48. The second-order valence-electron chi connectivity index (χ2n) is 8.50. The van der Waals surface area contributed by atoms with E-state index in [9.17, 15) is 4.79 Å². The molecule has 0 N–H and O–H groups in total. The molecule has 37 heavy (non-hydrogen) atoms. The van der Waals surface area contributed by atoms with Crippen molar-refractivity contribution < 1.29 is 18.6 Å². The van der Waals surface area contributed by atoms with Crippen LogP contribution in [0.2, 0.25) is 5.02 Å². The molecular formula is C28H24ClN3O5. The van der Waals surface area contributed by atoms with Gasteiger partial charge in [0, 0.05) is 0 Å². The molecule has 0 radical (unpaired) electrons. The Morgan fingerprint density at radius 3 is 2.54 bits per heavy atom. The van der Waals surface area contributed by atoms with Crippen LogP contribution in [-0.2, 0) is 0 Å². The third kappa shape index (κ3) is 4.63. The Labute approximate surface area is 217 Å². The van der Waals surface area contributed by atoms with Crippen molar-refractivity contribution in [3.05, 3.63) is 81.6 Å². The highest BCUT2D eigenvalue weighted by atomic mass is 35.5. The number of ether oxygens (including phenoxy) is 3. The lowest BCUT2D eigenvalue weighted by molar-refractivity contribution is 0.230. The average Bonchev–Trinajstić information content (AvgIpc) is 3.33. The smallest absolute Gasteiger partial charge is 0.282 e. The van der Waals surface area contributed by atoms with Crippen molar-refractivity contribution >= 4 is 39.7 Å². The molecule has 0 aliphatic rings. The van der Waals surface area contributed by atoms with Gasteiger partial charge in [-0.25, -0.2) is 4.98 Å². The molecule has 5 rings (SSSR count). The third-order valence-corrected chi connectivity index (χ3v) is 5.92. The predicted octanol–water partition coefficient (Wildman–Crippen LogP) is 6.15. The topological polar surface area (TPSA) is 88.1 Å². The van der Waals surface area contributed by atoms with Crippen LogP contribution in [-0.4, -0.2) is 36.2 Å². The molecule has 0 amide bonds. The van der Waals surface area contributed by atoms with Crippen LogP contribution in [0, 0.1) is 0 Å². The van der Waals surface area contributed by atoms with Crippen LogP contribution < -0.4 is 19.8 Å². The van der Waals surface area contributed by atoms with Crippen molar-refractivity contribution in [1.29, 1.82) is 0 Å². The molecule has 0 aliphatic carbocycles. The van der Waals surface area contributed by atoms with Gasteiger partial charge in [0.2, 0.25) is 5.82 Å². The van der Waals surface area contributed by atoms with E-state index in [1.54, 1.807) is 43.5 Å². The van der Waals surface area contributed by atoms with Gasteiger partial charge >= 0.3 is 0 Å². The van der Waals surface area contributed by atoms with Crippen LogP contribution in [0.3, 0.4) is 0 Å². The quantitative estimate of drug-likeness (QED) is 0.241. The minimum atomic E-state index is -0.345. The summed E-state index contributed by atoms with van der Waals surface area (Å²) in [4.78, 5) is 18.2. The third-order valence-electron chi connectivity index (χ3n) is 5.64. The largest absolute Gasteiger partial charge is 0.496 e. The van der Waals surface area contributed by atoms with Crippen LogP contribution in [0.25, 0.3) is 33.5 Å².